The van der Waals surface area contributed by atoms with Crippen LogP contribution in [-0.2, 0) is 9.59 Å². The highest BCUT2D eigenvalue weighted by atomic mass is 32.1. The van der Waals surface area contributed by atoms with E-state index < -0.39 is 17.8 Å². The van der Waals surface area contributed by atoms with Gasteiger partial charge in [0.05, 0.1) is 0 Å². The number of thiophene rings is 1. The van der Waals surface area contributed by atoms with Crippen LogP contribution in [0.3, 0.4) is 0 Å². The highest BCUT2D eigenvalue weighted by molar-refractivity contribution is 7.08. The lowest BCUT2D eigenvalue weighted by molar-refractivity contribution is -0.143. The summed E-state index contributed by atoms with van der Waals surface area (Å²) in [4.78, 5) is 22.8. The molecule has 1 aromatic rings. The summed E-state index contributed by atoms with van der Waals surface area (Å²) in [5, 5.41) is 12.5. The molecule has 0 spiro atoms. The first-order valence-electron chi connectivity index (χ1n) is 4.49. The summed E-state index contributed by atoms with van der Waals surface area (Å²) in [6.07, 6.45) is 1.46. The number of carbonyl (C=O) groups is 2. The monoisotopic (exact) mass is 224 g/mol. The van der Waals surface area contributed by atoms with E-state index in [1.165, 1.54) is 17.4 Å². The molecule has 1 heterocycles. The van der Waals surface area contributed by atoms with Crippen molar-refractivity contribution in [2.45, 2.75) is 12.8 Å². The third-order valence-electron chi connectivity index (χ3n) is 2.21. The number of carboxylic acid groups (broad SMARTS) is 1. The van der Waals surface area contributed by atoms with E-state index >= 15 is 0 Å². The molecule has 0 aromatic carbocycles. The van der Waals surface area contributed by atoms with Gasteiger partial charge < -0.3 is 5.11 Å². The van der Waals surface area contributed by atoms with Crippen molar-refractivity contribution in [3.8, 4) is 0 Å². The van der Waals surface area contributed by atoms with Crippen molar-refractivity contribution in [3.05, 3.63) is 35.0 Å². The van der Waals surface area contributed by atoms with Gasteiger partial charge in [0.25, 0.3) is 0 Å². The molecule has 0 radical (unpaired) electrons. The lowest BCUT2D eigenvalue weighted by Gasteiger charge is -2.12. The molecule has 3 nitrogen and oxygen atoms in total. The third kappa shape index (κ3) is 2.53. The van der Waals surface area contributed by atoms with Gasteiger partial charge in [-0.05, 0) is 22.4 Å². The van der Waals surface area contributed by atoms with Crippen molar-refractivity contribution in [2.75, 3.05) is 0 Å². The lowest BCUT2D eigenvalue weighted by Crippen LogP contribution is -2.25. The Morgan fingerprint density at radius 2 is 2.27 bits per heavy atom. The number of carboxylic acids is 1. The second-order valence-electron chi connectivity index (χ2n) is 3.25. The summed E-state index contributed by atoms with van der Waals surface area (Å²) >= 11 is 1.38. The largest absolute Gasteiger partial charge is 0.480 e. The Morgan fingerprint density at radius 1 is 1.60 bits per heavy atom. The van der Waals surface area contributed by atoms with E-state index in [1.54, 1.807) is 23.8 Å². The van der Waals surface area contributed by atoms with Gasteiger partial charge in [0.15, 0.2) is 5.78 Å². The molecule has 0 aliphatic rings. The maximum absolute atomic E-state index is 11.8. The Kier molecular flexibility index (Phi) is 3.80. The molecule has 0 fully saturated rings. The molecule has 0 saturated carbocycles. The highest BCUT2D eigenvalue weighted by Gasteiger charge is 2.30. The van der Waals surface area contributed by atoms with Gasteiger partial charge in [-0.25, -0.2) is 0 Å². The van der Waals surface area contributed by atoms with E-state index in [0.717, 1.165) is 0 Å². The molecule has 1 rings (SSSR count). The number of hydrogen-bond acceptors (Lipinski definition) is 3. The molecule has 0 saturated heterocycles. The zero-order valence-corrected chi connectivity index (χ0v) is 9.16. The average Bonchev–Trinajstić information content (AvgIpc) is 2.69. The number of rotatable bonds is 5. The van der Waals surface area contributed by atoms with Gasteiger partial charge in [0.2, 0.25) is 0 Å². The molecule has 0 aliphatic carbocycles. The number of aliphatic carboxylic acids is 1. The first kappa shape index (κ1) is 11.7. The van der Waals surface area contributed by atoms with Gasteiger partial charge in [-0.3, -0.25) is 9.59 Å². The fraction of sp³-hybridized carbons (Fsp3) is 0.273. The molecule has 2 unspecified atom stereocenters. The minimum atomic E-state index is -1.10. The van der Waals surface area contributed by atoms with Crippen molar-refractivity contribution in [2.24, 2.45) is 5.92 Å². The predicted molar refractivity (Wildman–Crippen MR) is 59.1 cm³/mol. The Morgan fingerprint density at radius 3 is 2.67 bits per heavy atom. The maximum Gasteiger partial charge on any atom is 0.318 e. The highest BCUT2D eigenvalue weighted by Crippen LogP contribution is 2.23. The zero-order chi connectivity index (χ0) is 11.4. The first-order chi connectivity index (χ1) is 7.07. The summed E-state index contributed by atoms with van der Waals surface area (Å²) in [5.41, 5.74) is 0.547. The molecule has 15 heavy (non-hydrogen) atoms. The van der Waals surface area contributed by atoms with Gasteiger partial charge in [-0.2, -0.15) is 11.3 Å². The Hall–Kier alpha value is -1.42. The van der Waals surface area contributed by atoms with Crippen LogP contribution in [-0.4, -0.2) is 16.9 Å². The zero-order valence-electron chi connectivity index (χ0n) is 8.34. The molecule has 2 atom stereocenters. The van der Waals surface area contributed by atoms with Gasteiger partial charge in [0.1, 0.15) is 5.92 Å². The molecule has 1 aromatic heterocycles. The van der Waals surface area contributed by atoms with Crippen LogP contribution in [0, 0.1) is 5.92 Å². The minimum absolute atomic E-state index is 0.323. The van der Waals surface area contributed by atoms with Crippen LogP contribution >= 0.6 is 11.3 Å². The second kappa shape index (κ2) is 4.89. The fourth-order valence-corrected chi connectivity index (χ4v) is 1.93. The molecular weight excluding hydrogens is 212 g/mol. The van der Waals surface area contributed by atoms with E-state index in [0.29, 0.717) is 5.56 Å². The Balaban J connectivity index is 2.99. The van der Waals surface area contributed by atoms with Crippen LogP contribution in [0.2, 0.25) is 0 Å². The fourth-order valence-electron chi connectivity index (χ4n) is 1.25. The smallest absolute Gasteiger partial charge is 0.318 e. The lowest BCUT2D eigenvalue weighted by atomic mass is 9.90. The average molecular weight is 224 g/mol. The van der Waals surface area contributed by atoms with Crippen LogP contribution in [0.5, 0.6) is 0 Å². The van der Waals surface area contributed by atoms with Crippen LogP contribution in [0.4, 0.5) is 0 Å². The van der Waals surface area contributed by atoms with Crippen molar-refractivity contribution >= 4 is 23.1 Å². The number of Topliss-reactive ketones (excluding diaryl/α,β-unsaturated/α-hetero) is 1. The third-order valence-corrected chi connectivity index (χ3v) is 2.91. The van der Waals surface area contributed by atoms with Crippen molar-refractivity contribution < 1.29 is 14.7 Å². The molecule has 0 aliphatic heterocycles. The molecule has 4 heteroatoms. The van der Waals surface area contributed by atoms with Crippen LogP contribution in [0.25, 0.3) is 0 Å². The topological polar surface area (TPSA) is 54.4 Å². The van der Waals surface area contributed by atoms with Crippen LogP contribution in [0.15, 0.2) is 29.5 Å². The van der Waals surface area contributed by atoms with E-state index in [9.17, 15) is 9.59 Å². The second-order valence-corrected chi connectivity index (χ2v) is 4.03. The van der Waals surface area contributed by atoms with Gasteiger partial charge in [-0.1, -0.05) is 13.0 Å². The Labute approximate surface area is 92.1 Å². The minimum Gasteiger partial charge on any atom is -0.480 e. The molecule has 1 N–H and O–H groups in total. The number of ketones is 1. The number of carbonyl (C=O) groups excluding carboxylic acids is 1. The summed E-state index contributed by atoms with van der Waals surface area (Å²) in [5.74, 6) is -2.93. The molecular formula is C11H12O3S. The van der Waals surface area contributed by atoms with E-state index in [2.05, 4.69) is 6.58 Å². The van der Waals surface area contributed by atoms with Crippen molar-refractivity contribution in [1.82, 2.24) is 0 Å². The summed E-state index contributed by atoms with van der Waals surface area (Å²) < 4.78 is 0. The molecule has 80 valence electrons. The van der Waals surface area contributed by atoms with E-state index in [-0.39, 0.29) is 5.78 Å². The van der Waals surface area contributed by atoms with Gasteiger partial charge in [-0.15, -0.1) is 6.58 Å². The standard InChI is InChI=1S/C11H12O3S/c1-3-7(2)10(12)9(11(13)14)8-4-5-15-6-8/h3-7,9H,1H2,2H3,(H,13,14). The first-order valence-corrected chi connectivity index (χ1v) is 5.43. The number of hydrogen-bond donors (Lipinski definition) is 1. The van der Waals surface area contributed by atoms with Gasteiger partial charge >= 0.3 is 5.97 Å². The van der Waals surface area contributed by atoms with Crippen molar-refractivity contribution in [1.29, 1.82) is 0 Å². The predicted octanol–water partition coefficient (Wildman–Crippen LogP) is 2.31. The van der Waals surface area contributed by atoms with E-state index in [1.807, 2.05) is 0 Å². The summed E-state index contributed by atoms with van der Waals surface area (Å²) in [6, 6.07) is 1.66. The summed E-state index contributed by atoms with van der Waals surface area (Å²) in [7, 11) is 0. The van der Waals surface area contributed by atoms with Crippen molar-refractivity contribution in [3.63, 3.8) is 0 Å². The SMILES string of the molecule is C=CC(C)C(=O)C(C(=O)O)c1ccsc1. The quantitative estimate of drug-likeness (QED) is 0.616. The maximum atomic E-state index is 11.8. The van der Waals surface area contributed by atoms with Gasteiger partial charge in [0, 0.05) is 5.92 Å². The number of allylic oxidation sites excluding steroid dienone is 1. The Bertz CT molecular complexity index is 367. The van der Waals surface area contributed by atoms with Crippen LogP contribution in [0.1, 0.15) is 18.4 Å². The molecule has 0 amide bonds. The van der Waals surface area contributed by atoms with E-state index in [4.69, 9.17) is 5.11 Å². The normalized spacial score (nSPS) is 14.2. The molecule has 0 bridgehead atoms. The van der Waals surface area contributed by atoms with Crippen LogP contribution < -0.4 is 0 Å². The summed E-state index contributed by atoms with van der Waals surface area (Å²) in [6.45, 7) is 5.14.